The van der Waals surface area contributed by atoms with Crippen molar-refractivity contribution in [2.24, 2.45) is 0 Å². The SMILES string of the molecule is CCCCCCCCCCCCCCCC(C)(C)c1coc(=O)[nH]1.CCCCCCCCCCCCCCCC(C)(CC)c1coc(=O)[nH]1.CCCCCCCCCCCCCCCC(C)c1coc(=O)[nH]1.CCCCCCCCCCCCCCCC(CC)(CC)c1nn[nH]n1.CCCCCCCCCCCCCCCC(CC)c1coc(=O)[nH]1.CCCCCCCCCCCCCCCCc1coc(=O)[nH]1. The minimum Gasteiger partial charge on any atom is -0.416 e. The summed E-state index contributed by atoms with van der Waals surface area (Å²) in [5.41, 5.74) is 4.91. The molecule has 6 rings (SSSR count). The molecule has 19 heteroatoms. The molecule has 6 aromatic heterocycles. The van der Waals surface area contributed by atoms with Crippen LogP contribution in [0.5, 0.6) is 0 Å². The Bertz CT molecular complexity index is 3840. The number of aromatic amines is 6. The quantitative estimate of drug-likeness (QED) is 0.0194. The average molecular weight is 2010 g/mol. The monoisotopic (exact) mass is 2010 g/mol. The summed E-state index contributed by atoms with van der Waals surface area (Å²) < 4.78 is 24.2. The van der Waals surface area contributed by atoms with Crippen LogP contribution in [0.1, 0.15) is 708 Å². The average Bonchev–Trinajstić information content (AvgIpc) is 1.79. The predicted molar refractivity (Wildman–Crippen MR) is 611 cm³/mol. The van der Waals surface area contributed by atoms with E-state index in [0.717, 1.165) is 98.5 Å². The summed E-state index contributed by atoms with van der Waals surface area (Å²) in [7, 11) is 0. The smallest absolute Gasteiger partial charge is 0.416 e. The first-order valence-corrected chi connectivity index (χ1v) is 61.9. The lowest BCUT2D eigenvalue weighted by atomic mass is 9.77. The van der Waals surface area contributed by atoms with Gasteiger partial charge in [0, 0.05) is 22.2 Å². The van der Waals surface area contributed by atoms with Crippen molar-refractivity contribution in [3.05, 3.63) is 118 Å². The third kappa shape index (κ3) is 78.1. The fourth-order valence-corrected chi connectivity index (χ4v) is 20.4. The molecule has 6 N–H and O–H groups in total. The largest absolute Gasteiger partial charge is 0.416 e. The molecule has 0 aliphatic rings. The van der Waals surface area contributed by atoms with Crippen LogP contribution in [0, 0.1) is 0 Å². The van der Waals surface area contributed by atoms with Crippen molar-refractivity contribution in [3.8, 4) is 0 Å². The predicted octanol–water partition coefficient (Wildman–Crippen LogP) is 40.1. The molecule has 143 heavy (non-hydrogen) atoms. The van der Waals surface area contributed by atoms with Gasteiger partial charge >= 0.3 is 28.8 Å². The van der Waals surface area contributed by atoms with Crippen molar-refractivity contribution in [2.45, 2.75) is 696 Å². The van der Waals surface area contributed by atoms with Gasteiger partial charge in [0.25, 0.3) is 0 Å². The lowest BCUT2D eigenvalue weighted by Crippen LogP contribution is -2.26. The third-order valence-corrected chi connectivity index (χ3v) is 31.2. The number of nitrogens with one attached hydrogen (secondary N) is 6. The van der Waals surface area contributed by atoms with E-state index < -0.39 is 0 Å². The molecule has 6 aromatic rings. The van der Waals surface area contributed by atoms with E-state index in [1.165, 1.54) is 507 Å². The number of rotatable bonds is 94. The Morgan fingerprint density at radius 1 is 0.266 bits per heavy atom. The molecule has 0 spiro atoms. The third-order valence-electron chi connectivity index (χ3n) is 31.2. The molecule has 6 heterocycles. The van der Waals surface area contributed by atoms with Gasteiger partial charge in [-0.15, -0.1) is 10.2 Å². The Morgan fingerprint density at radius 3 is 0.804 bits per heavy atom. The number of aromatic nitrogens is 9. The Labute approximate surface area is 877 Å². The van der Waals surface area contributed by atoms with E-state index >= 15 is 0 Å². The summed E-state index contributed by atoms with van der Waals surface area (Å²) in [6.07, 6.45) is 128. The zero-order chi connectivity index (χ0) is 104. The highest BCUT2D eigenvalue weighted by Crippen LogP contribution is 2.36. The highest BCUT2D eigenvalue weighted by molar-refractivity contribution is 5.10. The fourth-order valence-electron chi connectivity index (χ4n) is 20.4. The molecule has 834 valence electrons. The van der Waals surface area contributed by atoms with Crippen LogP contribution in [0.25, 0.3) is 0 Å². The normalized spacial score (nSPS) is 12.4. The molecular formula is C124H233N9O10. The molecule has 0 fully saturated rings. The van der Waals surface area contributed by atoms with E-state index in [9.17, 15) is 24.0 Å². The van der Waals surface area contributed by atoms with Gasteiger partial charge in [-0.25, -0.2) is 24.0 Å². The van der Waals surface area contributed by atoms with E-state index in [2.05, 4.69) is 142 Å². The number of hydrogen-bond donors (Lipinski definition) is 6. The molecule has 0 aliphatic heterocycles. The zero-order valence-corrected chi connectivity index (χ0v) is 96.4. The minimum atomic E-state index is -0.344. The Kier molecular flexibility index (Phi) is 92.8. The van der Waals surface area contributed by atoms with Gasteiger partial charge in [-0.05, 0) is 76.5 Å². The van der Waals surface area contributed by atoms with Crippen LogP contribution in [-0.2, 0) is 22.7 Å². The highest BCUT2D eigenvalue weighted by Gasteiger charge is 2.33. The van der Waals surface area contributed by atoms with E-state index in [1.807, 2.05) is 0 Å². The number of tetrazole rings is 1. The van der Waals surface area contributed by atoms with Gasteiger partial charge in [0.05, 0.1) is 28.5 Å². The lowest BCUT2D eigenvalue weighted by Gasteiger charge is -2.28. The standard InChI is InChI=1S/C22H41NO2.C21H42N4.2C21H39NO2.C20H37NO2.C19H35NO2/c1-4-6-7-8-9-10-11-12-13-14-15-16-17-18-22(3,5-2)20-19-25-21(24)23-20;1-4-7-8-9-10-11-12-13-14-15-16-17-18-19-21(5-2,6-3)20-22-24-25-23-20;1-4-5-6-7-8-9-10-11-12-13-14-15-16-17-21(2,3)19-18-24-20(23)22-19;1-3-5-6-7-8-9-10-11-12-13-14-15-16-17-19(4-2)20-18-24-21(23)22-20;1-3-4-5-6-7-8-9-10-11-12-13-14-15-16-18(2)19-17-23-20(22)21-19;1-2-3-4-5-6-7-8-9-10-11-12-13-14-15-16-18-17-22-19(21)20-18/h19H,4-18H2,1-3H3,(H,23,24);4-19H2,1-3H3,(H,22,23,24,25);18H,4-17H2,1-3H3,(H,22,23);18-19H,3-17H2,1-2H3,(H,22,23);17-18H,3-16H2,1-2H3,(H,21,22);17H,2-16H2,1H3,(H,20,21). The van der Waals surface area contributed by atoms with Crippen molar-refractivity contribution in [1.82, 2.24) is 45.5 Å². The number of nitrogens with zero attached hydrogens (tertiary/aromatic N) is 3. The summed E-state index contributed by atoms with van der Waals surface area (Å²) in [6, 6.07) is 0. The molecule has 0 saturated carbocycles. The topological polar surface area (TPSA) is 284 Å². The molecule has 0 bridgehead atoms. The first kappa shape index (κ1) is 135. The van der Waals surface area contributed by atoms with Crippen LogP contribution >= 0.6 is 0 Å². The molecule has 0 amide bonds. The maximum absolute atomic E-state index is 11.2. The van der Waals surface area contributed by atoms with Gasteiger partial charge in [-0.3, -0.25) is 24.9 Å². The second-order valence-electron chi connectivity index (χ2n) is 44.4. The van der Waals surface area contributed by atoms with E-state index in [0.29, 0.717) is 11.8 Å². The van der Waals surface area contributed by atoms with E-state index in [4.69, 9.17) is 22.1 Å². The maximum Gasteiger partial charge on any atom is 0.416 e. The Hall–Kier alpha value is -5.88. The Morgan fingerprint density at radius 2 is 0.531 bits per heavy atom. The molecular weight excluding hydrogens is 1780 g/mol. The molecule has 0 aromatic carbocycles. The van der Waals surface area contributed by atoms with Crippen molar-refractivity contribution >= 4 is 0 Å². The van der Waals surface area contributed by atoms with Crippen LogP contribution in [0.2, 0.25) is 0 Å². The van der Waals surface area contributed by atoms with Crippen molar-refractivity contribution in [3.63, 3.8) is 0 Å². The van der Waals surface area contributed by atoms with Crippen LogP contribution in [0.3, 0.4) is 0 Å². The molecule has 3 atom stereocenters. The highest BCUT2D eigenvalue weighted by atomic mass is 16.4. The van der Waals surface area contributed by atoms with Crippen LogP contribution < -0.4 is 28.8 Å². The van der Waals surface area contributed by atoms with E-state index in [1.54, 1.807) is 31.3 Å². The van der Waals surface area contributed by atoms with Crippen molar-refractivity contribution in [2.75, 3.05) is 0 Å². The van der Waals surface area contributed by atoms with Gasteiger partial charge in [-0.1, -0.05) is 603 Å². The molecule has 0 radical (unpaired) electrons. The number of oxazole rings is 5. The molecule has 0 aliphatic carbocycles. The summed E-state index contributed by atoms with van der Waals surface area (Å²) in [6.45, 7) is 31.3. The van der Waals surface area contributed by atoms with Gasteiger partial charge in [0.1, 0.15) is 31.3 Å². The van der Waals surface area contributed by atoms with Crippen LogP contribution in [0.15, 0.2) is 77.4 Å². The number of hydrogen-bond acceptors (Lipinski definition) is 13. The molecule has 19 nitrogen and oxygen atoms in total. The summed E-state index contributed by atoms with van der Waals surface area (Å²) in [5.74, 6) is 0.0876. The first-order chi connectivity index (χ1) is 69.8. The number of aryl methyl sites for hydroxylation is 1. The zero-order valence-electron chi connectivity index (χ0n) is 96.4. The second kappa shape index (κ2) is 98.2. The fraction of sp³-hybridized carbons (Fsp3) is 0.871. The summed E-state index contributed by atoms with van der Waals surface area (Å²) in [5, 5.41) is 14.9. The van der Waals surface area contributed by atoms with E-state index in [-0.39, 0.29) is 45.0 Å². The van der Waals surface area contributed by atoms with Gasteiger partial charge in [-0.2, -0.15) is 5.21 Å². The lowest BCUT2D eigenvalue weighted by molar-refractivity contribution is 0.329. The van der Waals surface area contributed by atoms with Crippen molar-refractivity contribution < 1.29 is 22.1 Å². The molecule has 3 unspecified atom stereocenters. The van der Waals surface area contributed by atoms with Gasteiger partial charge < -0.3 is 22.1 Å². The minimum absolute atomic E-state index is 0.00390. The molecule has 0 saturated heterocycles. The van der Waals surface area contributed by atoms with Gasteiger partial charge in [0.2, 0.25) is 0 Å². The maximum atomic E-state index is 11.2. The number of H-pyrrole nitrogens is 6. The first-order valence-electron chi connectivity index (χ1n) is 61.9. The Balaban J connectivity index is 0.000000858. The summed E-state index contributed by atoms with van der Waals surface area (Å²) >= 11 is 0. The van der Waals surface area contributed by atoms with Crippen LogP contribution in [0.4, 0.5) is 0 Å². The summed E-state index contributed by atoms with van der Waals surface area (Å²) in [4.78, 5) is 69.1. The number of unbranched alkanes of at least 4 members (excludes halogenated alkanes) is 73. The van der Waals surface area contributed by atoms with Crippen LogP contribution in [-0.4, -0.2) is 45.5 Å². The van der Waals surface area contributed by atoms with Gasteiger partial charge in [0.15, 0.2) is 5.82 Å². The second-order valence-corrected chi connectivity index (χ2v) is 44.4. The van der Waals surface area contributed by atoms with Crippen molar-refractivity contribution in [1.29, 1.82) is 0 Å².